The molecule has 0 radical (unpaired) electrons. The molecule has 1 saturated heterocycles. The number of hydrogen-bond donors (Lipinski definition) is 1. The van der Waals surface area contributed by atoms with Gasteiger partial charge < -0.3 is 19.7 Å². The Labute approximate surface area is 171 Å². The number of carbonyl (C=O) groups is 1. The average molecular weight is 396 g/mol. The van der Waals surface area contributed by atoms with Gasteiger partial charge in [-0.2, -0.15) is 0 Å². The molecule has 1 aliphatic heterocycles. The van der Waals surface area contributed by atoms with Crippen LogP contribution in [0.2, 0.25) is 0 Å². The number of rotatable bonds is 6. The van der Waals surface area contributed by atoms with E-state index in [0.717, 1.165) is 43.9 Å². The second kappa shape index (κ2) is 8.68. The first-order chi connectivity index (χ1) is 14.2. The lowest BCUT2D eigenvalue weighted by molar-refractivity contribution is -0.122. The van der Waals surface area contributed by atoms with Gasteiger partial charge in [-0.05, 0) is 51.2 Å². The van der Waals surface area contributed by atoms with Crippen LogP contribution in [0, 0.1) is 12.8 Å². The van der Waals surface area contributed by atoms with Crippen LogP contribution in [0.3, 0.4) is 0 Å². The zero-order valence-electron chi connectivity index (χ0n) is 17.1. The summed E-state index contributed by atoms with van der Waals surface area (Å²) in [6.45, 7) is 3.92. The molecule has 1 saturated carbocycles. The van der Waals surface area contributed by atoms with Gasteiger partial charge in [0.1, 0.15) is 11.5 Å². The third kappa shape index (κ3) is 4.28. The van der Waals surface area contributed by atoms with E-state index in [4.69, 9.17) is 9.47 Å². The number of carbonyl (C=O) groups excluding carboxylic acids is 1. The van der Waals surface area contributed by atoms with Crippen LogP contribution in [0.15, 0.2) is 24.5 Å². The van der Waals surface area contributed by atoms with Crippen molar-refractivity contribution in [1.29, 1.82) is 0 Å². The number of hydrogen-bond acceptors (Lipinski definition) is 6. The highest BCUT2D eigenvalue weighted by molar-refractivity contribution is 5.94. The SMILES string of the molecule is COc1c(NC(=O)C2CCC2)ccc(Oc2cnc(N3CCCCC3)nc2)c1C. The first-order valence-corrected chi connectivity index (χ1v) is 10.4. The van der Waals surface area contributed by atoms with Crippen LogP contribution >= 0.6 is 0 Å². The number of methoxy groups -OCH3 is 1. The Morgan fingerprint density at radius 3 is 2.45 bits per heavy atom. The summed E-state index contributed by atoms with van der Waals surface area (Å²) in [6, 6.07) is 3.66. The molecule has 1 amide bonds. The molecule has 1 N–H and O–H groups in total. The molecule has 7 nitrogen and oxygen atoms in total. The van der Waals surface area contributed by atoms with Gasteiger partial charge in [-0.1, -0.05) is 6.42 Å². The molecule has 0 spiro atoms. The minimum absolute atomic E-state index is 0.0596. The summed E-state index contributed by atoms with van der Waals surface area (Å²) in [5.74, 6) is 2.76. The van der Waals surface area contributed by atoms with Crippen molar-refractivity contribution >= 4 is 17.5 Å². The van der Waals surface area contributed by atoms with Crippen LogP contribution in [-0.4, -0.2) is 36.1 Å². The highest BCUT2D eigenvalue weighted by atomic mass is 16.5. The molecule has 154 valence electrons. The first-order valence-electron chi connectivity index (χ1n) is 10.4. The highest BCUT2D eigenvalue weighted by Crippen LogP contribution is 2.38. The summed E-state index contributed by atoms with van der Waals surface area (Å²) >= 11 is 0. The maximum atomic E-state index is 12.3. The van der Waals surface area contributed by atoms with Crippen LogP contribution in [0.25, 0.3) is 0 Å². The van der Waals surface area contributed by atoms with Gasteiger partial charge in [0, 0.05) is 24.6 Å². The second-order valence-corrected chi connectivity index (χ2v) is 7.76. The van der Waals surface area contributed by atoms with Crippen molar-refractivity contribution < 1.29 is 14.3 Å². The quantitative estimate of drug-likeness (QED) is 0.784. The summed E-state index contributed by atoms with van der Waals surface area (Å²) in [7, 11) is 1.60. The second-order valence-electron chi connectivity index (χ2n) is 7.76. The highest BCUT2D eigenvalue weighted by Gasteiger charge is 2.26. The number of nitrogens with zero attached hydrogens (tertiary/aromatic N) is 3. The minimum Gasteiger partial charge on any atom is -0.494 e. The summed E-state index contributed by atoms with van der Waals surface area (Å²) in [6.07, 6.45) is 10.1. The topological polar surface area (TPSA) is 76.6 Å². The van der Waals surface area contributed by atoms with Crippen LogP contribution in [0.5, 0.6) is 17.2 Å². The van der Waals surface area contributed by atoms with Gasteiger partial charge in [0.05, 0.1) is 25.2 Å². The van der Waals surface area contributed by atoms with Gasteiger partial charge in [-0.15, -0.1) is 0 Å². The number of ether oxygens (including phenoxy) is 2. The Hall–Kier alpha value is -2.83. The van der Waals surface area contributed by atoms with Crippen LogP contribution in [0.4, 0.5) is 11.6 Å². The van der Waals surface area contributed by atoms with E-state index in [-0.39, 0.29) is 11.8 Å². The van der Waals surface area contributed by atoms with E-state index in [0.29, 0.717) is 22.9 Å². The molecule has 2 fully saturated rings. The van der Waals surface area contributed by atoms with E-state index >= 15 is 0 Å². The molecule has 29 heavy (non-hydrogen) atoms. The smallest absolute Gasteiger partial charge is 0.227 e. The van der Waals surface area contributed by atoms with Gasteiger partial charge >= 0.3 is 0 Å². The maximum Gasteiger partial charge on any atom is 0.227 e. The van der Waals surface area contributed by atoms with Gasteiger partial charge in [-0.25, -0.2) is 9.97 Å². The summed E-state index contributed by atoms with van der Waals surface area (Å²) < 4.78 is 11.6. The largest absolute Gasteiger partial charge is 0.494 e. The Kier molecular flexibility index (Phi) is 5.83. The molecule has 0 bridgehead atoms. The van der Waals surface area contributed by atoms with Crippen molar-refractivity contribution in [2.75, 3.05) is 30.4 Å². The third-order valence-corrected chi connectivity index (χ3v) is 5.78. The van der Waals surface area contributed by atoms with Crippen LogP contribution in [0.1, 0.15) is 44.1 Å². The standard InChI is InChI=1S/C22H28N4O3/c1-15-19(10-9-18(20(15)28-2)25-21(27)16-7-6-8-16)29-17-13-23-22(24-14-17)26-11-4-3-5-12-26/h9-10,13-14,16H,3-8,11-12H2,1-2H3,(H,25,27). The molecule has 1 aliphatic carbocycles. The lowest BCUT2D eigenvalue weighted by atomic mass is 9.85. The lowest BCUT2D eigenvalue weighted by Crippen LogP contribution is -2.30. The van der Waals surface area contributed by atoms with E-state index in [2.05, 4.69) is 20.2 Å². The number of piperidine rings is 1. The molecule has 2 heterocycles. The fraction of sp³-hybridized carbons (Fsp3) is 0.500. The van der Waals surface area contributed by atoms with Crippen molar-refractivity contribution in [1.82, 2.24) is 9.97 Å². The van der Waals surface area contributed by atoms with Crippen LogP contribution < -0.4 is 19.7 Å². The van der Waals surface area contributed by atoms with Gasteiger partial charge in [-0.3, -0.25) is 4.79 Å². The third-order valence-electron chi connectivity index (χ3n) is 5.78. The summed E-state index contributed by atoms with van der Waals surface area (Å²) in [5.41, 5.74) is 1.49. The molecular formula is C22H28N4O3. The Morgan fingerprint density at radius 1 is 1.10 bits per heavy atom. The molecule has 1 aromatic carbocycles. The summed E-state index contributed by atoms with van der Waals surface area (Å²) in [4.78, 5) is 23.4. The zero-order chi connectivity index (χ0) is 20.2. The Bertz CT molecular complexity index is 859. The predicted molar refractivity (Wildman–Crippen MR) is 112 cm³/mol. The molecule has 2 aliphatic rings. The fourth-order valence-electron chi connectivity index (χ4n) is 3.80. The Balaban J connectivity index is 1.47. The van der Waals surface area contributed by atoms with Crippen molar-refractivity contribution in [3.05, 3.63) is 30.1 Å². The minimum atomic E-state index is 0.0596. The van der Waals surface area contributed by atoms with Crippen molar-refractivity contribution in [3.8, 4) is 17.2 Å². The van der Waals surface area contributed by atoms with Gasteiger partial charge in [0.2, 0.25) is 11.9 Å². The Morgan fingerprint density at radius 2 is 1.83 bits per heavy atom. The molecule has 4 rings (SSSR count). The van der Waals surface area contributed by atoms with Crippen LogP contribution in [-0.2, 0) is 4.79 Å². The molecule has 2 aromatic rings. The van der Waals surface area contributed by atoms with Crippen molar-refractivity contribution in [2.24, 2.45) is 5.92 Å². The average Bonchev–Trinajstić information content (AvgIpc) is 2.70. The zero-order valence-corrected chi connectivity index (χ0v) is 17.1. The predicted octanol–water partition coefficient (Wildman–Crippen LogP) is 4.31. The molecule has 0 unspecified atom stereocenters. The van der Waals surface area contributed by atoms with Crippen molar-refractivity contribution in [2.45, 2.75) is 45.4 Å². The number of aromatic nitrogens is 2. The van der Waals surface area contributed by atoms with Gasteiger partial charge in [0.15, 0.2) is 5.75 Å². The summed E-state index contributed by atoms with van der Waals surface area (Å²) in [5, 5.41) is 2.99. The normalized spacial score (nSPS) is 16.8. The molecule has 7 heteroatoms. The number of anilines is 2. The van der Waals surface area contributed by atoms with Gasteiger partial charge in [0.25, 0.3) is 0 Å². The molecular weight excluding hydrogens is 368 g/mol. The molecule has 0 atom stereocenters. The fourth-order valence-corrected chi connectivity index (χ4v) is 3.80. The van der Waals surface area contributed by atoms with E-state index in [1.165, 1.54) is 19.3 Å². The number of benzene rings is 1. The van der Waals surface area contributed by atoms with E-state index < -0.39 is 0 Å². The van der Waals surface area contributed by atoms with Crippen molar-refractivity contribution in [3.63, 3.8) is 0 Å². The number of nitrogens with one attached hydrogen (secondary N) is 1. The van der Waals surface area contributed by atoms with E-state index in [1.54, 1.807) is 19.5 Å². The number of amides is 1. The molecule has 1 aromatic heterocycles. The van der Waals surface area contributed by atoms with E-state index in [1.807, 2.05) is 19.1 Å². The first kappa shape index (κ1) is 19.5. The monoisotopic (exact) mass is 396 g/mol. The lowest BCUT2D eigenvalue weighted by Gasteiger charge is -2.26. The van der Waals surface area contributed by atoms with E-state index in [9.17, 15) is 4.79 Å². The maximum absolute atomic E-state index is 12.3.